The zero-order valence-electron chi connectivity index (χ0n) is 57.1. The van der Waals surface area contributed by atoms with Gasteiger partial charge in [-0.25, -0.2) is 0 Å². The fourth-order valence-electron chi connectivity index (χ4n) is 14.3. The van der Waals surface area contributed by atoms with Gasteiger partial charge in [-0.05, 0) is 308 Å². The van der Waals surface area contributed by atoms with E-state index >= 15 is 0 Å². The molecule has 3 aliphatic rings. The number of aryl methyl sites for hydroxylation is 7. The van der Waals surface area contributed by atoms with Crippen molar-refractivity contribution in [1.29, 1.82) is 0 Å². The summed E-state index contributed by atoms with van der Waals surface area (Å²) >= 11 is 0. The minimum Gasteiger partial charge on any atom is -0.481 e. The number of carboxylic acids is 6. The maximum absolute atomic E-state index is 12.4. The van der Waals surface area contributed by atoms with Crippen LogP contribution < -0.4 is 0 Å². The average molecular weight is 1250 g/mol. The van der Waals surface area contributed by atoms with Gasteiger partial charge in [0.25, 0.3) is 0 Å². The maximum Gasteiger partial charge on any atom is 0.309 e. The molecule has 12 heteroatoms. The van der Waals surface area contributed by atoms with E-state index in [-0.39, 0.29) is 0 Å². The molecule has 0 aromatic heterocycles. The summed E-state index contributed by atoms with van der Waals surface area (Å²) in [6.07, 6.45) is 33.0. The normalized spacial score (nSPS) is 15.6. The van der Waals surface area contributed by atoms with Crippen molar-refractivity contribution >= 4 is 35.8 Å². The van der Waals surface area contributed by atoms with Gasteiger partial charge in [0.05, 0.1) is 32.5 Å². The summed E-state index contributed by atoms with van der Waals surface area (Å²) in [6, 6.07) is 12.1. The Morgan fingerprint density at radius 2 is 0.656 bits per heavy atom. The molecule has 0 unspecified atom stereocenters. The number of carboxylic acid groups (broad SMARTS) is 6. The molecular weight excluding hydrogens is 1130 g/mol. The smallest absolute Gasteiger partial charge is 0.309 e. The van der Waals surface area contributed by atoms with Gasteiger partial charge >= 0.3 is 35.8 Å². The van der Waals surface area contributed by atoms with Crippen LogP contribution in [0.25, 0.3) is 0 Å². The van der Waals surface area contributed by atoms with E-state index in [2.05, 4.69) is 51.1 Å². The van der Waals surface area contributed by atoms with Crippen LogP contribution in [-0.4, -0.2) is 66.5 Å². The highest BCUT2D eigenvalue weighted by Gasteiger charge is 2.51. The first-order valence-electron chi connectivity index (χ1n) is 35.2. The van der Waals surface area contributed by atoms with E-state index in [9.17, 15) is 59.4 Å². The number of hydrogen-bond donors (Lipinski definition) is 6. The van der Waals surface area contributed by atoms with E-state index < -0.39 is 68.3 Å². The third-order valence-electron chi connectivity index (χ3n) is 22.2. The Morgan fingerprint density at radius 1 is 0.333 bits per heavy atom. The van der Waals surface area contributed by atoms with Gasteiger partial charge in [0.15, 0.2) is 0 Å². The van der Waals surface area contributed by atoms with Crippen molar-refractivity contribution in [1.82, 2.24) is 0 Å². The molecule has 12 nitrogen and oxygen atoms in total. The molecule has 3 aromatic rings. The fourth-order valence-corrected chi connectivity index (χ4v) is 14.3. The lowest BCUT2D eigenvalue weighted by Crippen LogP contribution is -2.23. The largest absolute Gasteiger partial charge is 0.481 e. The summed E-state index contributed by atoms with van der Waals surface area (Å²) < 4.78 is 0. The van der Waals surface area contributed by atoms with Crippen LogP contribution in [-0.2, 0) is 86.6 Å². The third-order valence-corrected chi connectivity index (χ3v) is 22.2. The predicted octanol–water partition coefficient (Wildman–Crippen LogP) is 18.5. The standard InChI is InChI=1S/C78H116O12/c1-54-50-59(30-17-11-14-23-39-74(6,7)68(81)82)56(3)66(64(54)33-21-27-43-78(48-49-78)72(89)90)53-63-52-60(32-20-26-42-77(46-47-77)71(87)88)62(51-61(63)31-18-12-15-24-40-75(8,9)69(83)84)36-37-65-55(2)57(28-19-25-41-76(44-45-76)70(85)86)34-35-58(65)29-16-10-13-22-38-73(4,5)67(79)80/h34-35,50-52H,10-33,36-49,53H2,1-9H3,(H,79,80)(H,81,82)(H,83,84)(H,85,86)(H,87,88)(H,89,90). The Balaban J connectivity index is 1.37. The molecule has 6 rings (SSSR count). The predicted molar refractivity (Wildman–Crippen MR) is 359 cm³/mol. The Morgan fingerprint density at radius 3 is 1.07 bits per heavy atom. The summed E-state index contributed by atoms with van der Waals surface area (Å²) in [5.41, 5.74) is 13.4. The number of carbonyl (C=O) groups is 6. The summed E-state index contributed by atoms with van der Waals surface area (Å²) in [4.78, 5) is 72.4. The minimum absolute atomic E-state index is 0.534. The molecule has 3 aromatic carbocycles. The van der Waals surface area contributed by atoms with Crippen LogP contribution in [0.1, 0.15) is 306 Å². The third kappa shape index (κ3) is 21.0. The molecule has 0 amide bonds. The van der Waals surface area contributed by atoms with Crippen LogP contribution >= 0.6 is 0 Å². The van der Waals surface area contributed by atoms with Crippen LogP contribution in [0, 0.1) is 53.3 Å². The Labute approximate surface area is 540 Å². The first-order valence-corrected chi connectivity index (χ1v) is 35.2. The molecular formula is C78H116O12. The van der Waals surface area contributed by atoms with Crippen molar-refractivity contribution in [2.24, 2.45) is 32.5 Å². The van der Waals surface area contributed by atoms with Crippen LogP contribution in [0.4, 0.5) is 0 Å². The molecule has 90 heavy (non-hydrogen) atoms. The van der Waals surface area contributed by atoms with E-state index in [1.807, 2.05) is 13.8 Å². The molecule has 0 heterocycles. The second-order valence-corrected chi connectivity index (χ2v) is 30.7. The topological polar surface area (TPSA) is 224 Å². The molecule has 3 fully saturated rings. The van der Waals surface area contributed by atoms with Gasteiger partial charge in [-0.3, -0.25) is 28.8 Å². The molecule has 3 aliphatic carbocycles. The number of hydrogen-bond acceptors (Lipinski definition) is 6. The van der Waals surface area contributed by atoms with Crippen molar-refractivity contribution in [3.8, 4) is 0 Å². The van der Waals surface area contributed by atoms with Crippen molar-refractivity contribution in [2.45, 2.75) is 313 Å². The molecule has 0 aliphatic heterocycles. The maximum atomic E-state index is 12.4. The van der Waals surface area contributed by atoms with Gasteiger partial charge in [-0.2, -0.15) is 0 Å². The van der Waals surface area contributed by atoms with E-state index in [4.69, 9.17) is 0 Å². The lowest BCUT2D eigenvalue weighted by atomic mass is 9.82. The molecule has 0 spiro atoms. The van der Waals surface area contributed by atoms with Crippen molar-refractivity contribution in [3.63, 3.8) is 0 Å². The van der Waals surface area contributed by atoms with Gasteiger partial charge in [-0.15, -0.1) is 0 Å². The van der Waals surface area contributed by atoms with E-state index in [0.717, 1.165) is 218 Å². The summed E-state index contributed by atoms with van der Waals surface area (Å²) in [7, 11) is 0. The first kappa shape index (κ1) is 73.5. The molecule has 3 saturated carbocycles. The van der Waals surface area contributed by atoms with Crippen LogP contribution in [0.3, 0.4) is 0 Å². The molecule has 0 radical (unpaired) electrons. The highest BCUT2D eigenvalue weighted by Crippen LogP contribution is 2.52. The fraction of sp³-hybridized carbons (Fsp3) is 0.692. The van der Waals surface area contributed by atoms with Crippen LogP contribution in [0.15, 0.2) is 30.3 Å². The second-order valence-electron chi connectivity index (χ2n) is 30.7. The van der Waals surface area contributed by atoms with Crippen molar-refractivity contribution in [3.05, 3.63) is 103 Å². The number of unbranched alkanes of at least 4 members (excludes halogenated alkanes) is 12. The highest BCUT2D eigenvalue weighted by molar-refractivity contribution is 5.79. The Kier molecular flexibility index (Phi) is 26.8. The number of benzene rings is 3. The van der Waals surface area contributed by atoms with Crippen molar-refractivity contribution < 1.29 is 59.4 Å². The van der Waals surface area contributed by atoms with Gasteiger partial charge in [0, 0.05) is 0 Å². The van der Waals surface area contributed by atoms with Gasteiger partial charge < -0.3 is 30.6 Å². The van der Waals surface area contributed by atoms with Gasteiger partial charge in [0.1, 0.15) is 0 Å². The summed E-state index contributed by atoms with van der Waals surface area (Å²) in [6.45, 7) is 17.7. The molecule has 6 N–H and O–H groups in total. The zero-order chi connectivity index (χ0) is 66.1. The molecule has 0 bridgehead atoms. The Bertz CT molecular complexity index is 2940. The first-order chi connectivity index (χ1) is 42.5. The molecule has 500 valence electrons. The highest BCUT2D eigenvalue weighted by atomic mass is 16.4. The monoisotopic (exact) mass is 1240 g/mol. The van der Waals surface area contributed by atoms with E-state index in [1.165, 1.54) is 72.3 Å². The number of rotatable bonds is 47. The van der Waals surface area contributed by atoms with Crippen LogP contribution in [0.2, 0.25) is 0 Å². The second kappa shape index (κ2) is 32.9. The quantitative estimate of drug-likeness (QED) is 0.0291. The van der Waals surface area contributed by atoms with E-state index in [0.29, 0.717) is 32.1 Å². The zero-order valence-corrected chi connectivity index (χ0v) is 57.1. The Hall–Kier alpha value is -5.52. The van der Waals surface area contributed by atoms with Gasteiger partial charge in [-0.1, -0.05) is 107 Å². The minimum atomic E-state index is -0.776. The SMILES string of the molecule is Cc1cc(CCCCCCC(C)(C)C(=O)O)c(C)c(Cc2cc(CCCCC3(C(=O)O)CC3)c(CCc3c(CCCCCCC(C)(C)C(=O)O)ccc(CCCCC4(C(=O)O)CC4)c3C)cc2CCCCCCC(C)(C)C(=O)O)c1CCCCC1(C(=O)O)CC1. The summed E-state index contributed by atoms with van der Waals surface area (Å²) in [5, 5.41) is 59.5. The number of aliphatic carboxylic acids is 6. The summed E-state index contributed by atoms with van der Waals surface area (Å²) in [5.74, 6) is -4.30. The lowest BCUT2D eigenvalue weighted by Gasteiger charge is -2.23. The van der Waals surface area contributed by atoms with Crippen LogP contribution in [0.5, 0.6) is 0 Å². The lowest BCUT2D eigenvalue weighted by molar-refractivity contribution is -0.148. The van der Waals surface area contributed by atoms with Crippen molar-refractivity contribution in [2.75, 3.05) is 0 Å². The molecule has 0 saturated heterocycles. The van der Waals surface area contributed by atoms with Gasteiger partial charge in [0.2, 0.25) is 0 Å². The van der Waals surface area contributed by atoms with E-state index in [1.54, 1.807) is 27.7 Å². The molecule has 0 atom stereocenters. The average Bonchev–Trinajstić information content (AvgIpc) is 2.23.